The van der Waals surface area contributed by atoms with Crippen molar-refractivity contribution in [2.75, 3.05) is 46.4 Å². The molecule has 1 amide bonds. The fourth-order valence-corrected chi connectivity index (χ4v) is 4.10. The second-order valence-corrected chi connectivity index (χ2v) is 7.26. The Hall–Kier alpha value is -1.90. The van der Waals surface area contributed by atoms with E-state index in [2.05, 4.69) is 23.1 Å². The van der Waals surface area contributed by atoms with Gasteiger partial charge in [0.05, 0.1) is 18.1 Å². The Morgan fingerprint density at radius 2 is 2.00 bits per heavy atom. The van der Waals surface area contributed by atoms with Gasteiger partial charge in [-0.2, -0.15) is 5.26 Å². The zero-order valence-electron chi connectivity index (χ0n) is 15.0. The van der Waals surface area contributed by atoms with E-state index in [4.69, 9.17) is 4.74 Å². The van der Waals surface area contributed by atoms with Gasteiger partial charge in [-0.3, -0.25) is 4.79 Å². The monoisotopic (exact) mass is 341 g/mol. The number of likely N-dealkylation sites (tertiary alicyclic amines) is 2. The molecule has 0 spiro atoms. The van der Waals surface area contributed by atoms with E-state index < -0.39 is 0 Å². The summed E-state index contributed by atoms with van der Waals surface area (Å²) in [4.78, 5) is 16.4. The van der Waals surface area contributed by atoms with Gasteiger partial charge in [0.1, 0.15) is 0 Å². The SMILES string of the molecule is COCCN1CC(CN2CCC(C#N)(c3ccccc3)CC2)CC1=O. The molecule has 0 N–H and O–H groups in total. The predicted molar refractivity (Wildman–Crippen MR) is 96.0 cm³/mol. The number of carbonyl (C=O) groups excluding carboxylic acids is 1. The van der Waals surface area contributed by atoms with Crippen LogP contribution in [0.3, 0.4) is 0 Å². The highest BCUT2D eigenvalue weighted by Gasteiger charge is 2.38. The Labute approximate surface area is 150 Å². The van der Waals surface area contributed by atoms with Gasteiger partial charge in [0.25, 0.3) is 0 Å². The van der Waals surface area contributed by atoms with Crippen molar-refractivity contribution >= 4 is 5.91 Å². The molecule has 2 fully saturated rings. The first-order chi connectivity index (χ1) is 12.2. The molecule has 134 valence electrons. The maximum Gasteiger partial charge on any atom is 0.223 e. The van der Waals surface area contributed by atoms with Gasteiger partial charge in [-0.25, -0.2) is 0 Å². The van der Waals surface area contributed by atoms with E-state index in [0.29, 0.717) is 25.5 Å². The predicted octanol–water partition coefficient (Wildman–Crippen LogP) is 2.04. The van der Waals surface area contributed by atoms with Crippen LogP contribution in [0.15, 0.2) is 30.3 Å². The number of carbonyl (C=O) groups is 1. The van der Waals surface area contributed by atoms with Crippen molar-refractivity contribution in [3.05, 3.63) is 35.9 Å². The molecule has 3 rings (SSSR count). The summed E-state index contributed by atoms with van der Waals surface area (Å²) in [5, 5.41) is 9.79. The molecule has 2 aliphatic heterocycles. The summed E-state index contributed by atoms with van der Waals surface area (Å²) in [5.74, 6) is 0.644. The zero-order chi connectivity index (χ0) is 17.7. The van der Waals surface area contributed by atoms with Gasteiger partial charge in [0, 0.05) is 33.2 Å². The van der Waals surface area contributed by atoms with Crippen LogP contribution in [-0.2, 0) is 14.9 Å². The molecule has 0 radical (unpaired) electrons. The van der Waals surface area contributed by atoms with Crippen LogP contribution in [0.4, 0.5) is 0 Å². The maximum absolute atomic E-state index is 12.1. The summed E-state index contributed by atoms with van der Waals surface area (Å²) in [6.45, 7) is 4.92. The van der Waals surface area contributed by atoms with Crippen molar-refractivity contribution in [2.45, 2.75) is 24.7 Å². The second kappa shape index (κ2) is 7.99. The topological polar surface area (TPSA) is 56.6 Å². The summed E-state index contributed by atoms with van der Waals surface area (Å²) in [5.41, 5.74) is 0.784. The quantitative estimate of drug-likeness (QED) is 0.794. The van der Waals surface area contributed by atoms with Crippen molar-refractivity contribution in [3.8, 4) is 6.07 Å². The van der Waals surface area contributed by atoms with Gasteiger partial charge in [-0.05, 0) is 37.4 Å². The Bertz CT molecular complexity index is 618. The number of ether oxygens (including phenoxy) is 1. The number of methoxy groups -OCH3 is 1. The first kappa shape index (κ1) is 17.9. The first-order valence-electron chi connectivity index (χ1n) is 9.13. The molecule has 2 heterocycles. The van der Waals surface area contributed by atoms with Gasteiger partial charge >= 0.3 is 0 Å². The molecule has 0 aliphatic carbocycles. The van der Waals surface area contributed by atoms with E-state index >= 15 is 0 Å². The second-order valence-electron chi connectivity index (χ2n) is 7.26. The van der Waals surface area contributed by atoms with Crippen LogP contribution in [0.5, 0.6) is 0 Å². The van der Waals surface area contributed by atoms with E-state index in [9.17, 15) is 10.1 Å². The number of amides is 1. The summed E-state index contributed by atoms with van der Waals surface area (Å²) >= 11 is 0. The maximum atomic E-state index is 12.1. The van der Waals surface area contributed by atoms with Crippen LogP contribution >= 0.6 is 0 Å². The molecular formula is C20H27N3O2. The molecule has 1 aromatic rings. The molecule has 5 heteroatoms. The summed E-state index contributed by atoms with van der Waals surface area (Å²) < 4.78 is 5.08. The molecule has 5 nitrogen and oxygen atoms in total. The lowest BCUT2D eigenvalue weighted by atomic mass is 9.74. The number of benzene rings is 1. The number of nitriles is 1. The molecule has 1 aromatic carbocycles. The average molecular weight is 341 g/mol. The Balaban J connectivity index is 1.53. The standard InChI is InChI=1S/C20H27N3O2/c1-25-12-11-23-15-17(13-19(23)24)14-22-9-7-20(16-21,8-10-22)18-5-3-2-4-6-18/h2-6,17H,7-15H2,1H3. The average Bonchev–Trinajstić information content (AvgIpc) is 3.00. The Kier molecular flexibility index (Phi) is 5.72. The third kappa shape index (κ3) is 4.02. The Morgan fingerprint density at radius 3 is 2.64 bits per heavy atom. The normalized spacial score (nSPS) is 23.6. The van der Waals surface area contributed by atoms with Crippen molar-refractivity contribution in [1.29, 1.82) is 5.26 Å². The van der Waals surface area contributed by atoms with Crippen LogP contribution in [0.25, 0.3) is 0 Å². The van der Waals surface area contributed by atoms with Gasteiger partial charge in [-0.1, -0.05) is 30.3 Å². The van der Waals surface area contributed by atoms with Crippen LogP contribution in [-0.4, -0.2) is 62.1 Å². The first-order valence-corrected chi connectivity index (χ1v) is 9.13. The molecule has 1 unspecified atom stereocenters. The molecular weight excluding hydrogens is 314 g/mol. The minimum Gasteiger partial charge on any atom is -0.383 e. The summed E-state index contributed by atoms with van der Waals surface area (Å²) in [7, 11) is 1.67. The molecule has 0 bridgehead atoms. The minimum atomic E-state index is -0.353. The number of nitrogens with zero attached hydrogens (tertiary/aromatic N) is 3. The highest BCUT2D eigenvalue weighted by atomic mass is 16.5. The number of rotatable bonds is 6. The van der Waals surface area contributed by atoms with Crippen molar-refractivity contribution < 1.29 is 9.53 Å². The van der Waals surface area contributed by atoms with Crippen molar-refractivity contribution in [3.63, 3.8) is 0 Å². The van der Waals surface area contributed by atoms with Crippen molar-refractivity contribution in [2.24, 2.45) is 5.92 Å². The fourth-order valence-electron chi connectivity index (χ4n) is 4.10. The van der Waals surface area contributed by atoms with Crippen LogP contribution in [0, 0.1) is 17.2 Å². The summed E-state index contributed by atoms with van der Waals surface area (Å²) in [6.07, 6.45) is 2.37. The van der Waals surface area contributed by atoms with E-state index in [1.165, 1.54) is 0 Å². The van der Waals surface area contributed by atoms with E-state index in [1.807, 2.05) is 23.1 Å². The zero-order valence-corrected chi connectivity index (χ0v) is 15.0. The largest absolute Gasteiger partial charge is 0.383 e. The lowest BCUT2D eigenvalue weighted by molar-refractivity contribution is -0.128. The molecule has 2 aliphatic rings. The molecule has 1 atom stereocenters. The van der Waals surface area contributed by atoms with Crippen LogP contribution < -0.4 is 0 Å². The third-order valence-electron chi connectivity index (χ3n) is 5.63. The van der Waals surface area contributed by atoms with Gasteiger partial charge in [0.15, 0.2) is 0 Å². The van der Waals surface area contributed by atoms with E-state index in [-0.39, 0.29) is 11.3 Å². The smallest absolute Gasteiger partial charge is 0.223 e. The number of piperidine rings is 1. The highest BCUT2D eigenvalue weighted by molar-refractivity contribution is 5.78. The molecule has 2 saturated heterocycles. The third-order valence-corrected chi connectivity index (χ3v) is 5.63. The fraction of sp³-hybridized carbons (Fsp3) is 0.600. The summed E-state index contributed by atoms with van der Waals surface area (Å²) in [6, 6.07) is 12.7. The van der Waals surface area contributed by atoms with Gasteiger partial charge in [-0.15, -0.1) is 0 Å². The minimum absolute atomic E-state index is 0.245. The molecule has 0 saturated carbocycles. The lowest BCUT2D eigenvalue weighted by Crippen LogP contribution is -2.44. The lowest BCUT2D eigenvalue weighted by Gasteiger charge is -2.38. The molecule has 0 aromatic heterocycles. The van der Waals surface area contributed by atoms with E-state index in [0.717, 1.165) is 44.6 Å². The van der Waals surface area contributed by atoms with Crippen LogP contribution in [0.2, 0.25) is 0 Å². The number of hydrogen-bond acceptors (Lipinski definition) is 4. The highest BCUT2D eigenvalue weighted by Crippen LogP contribution is 2.35. The van der Waals surface area contributed by atoms with Crippen LogP contribution in [0.1, 0.15) is 24.8 Å². The van der Waals surface area contributed by atoms with Crippen molar-refractivity contribution in [1.82, 2.24) is 9.80 Å². The van der Waals surface area contributed by atoms with E-state index in [1.54, 1.807) is 7.11 Å². The Morgan fingerprint density at radius 1 is 1.28 bits per heavy atom. The molecule has 25 heavy (non-hydrogen) atoms. The number of hydrogen-bond donors (Lipinski definition) is 0. The van der Waals surface area contributed by atoms with Gasteiger partial charge < -0.3 is 14.5 Å². The van der Waals surface area contributed by atoms with Gasteiger partial charge in [0.2, 0.25) is 5.91 Å².